The Morgan fingerprint density at radius 2 is 1.37 bits per heavy atom. The van der Waals surface area contributed by atoms with E-state index in [0.29, 0.717) is 0 Å². The second-order valence-electron chi connectivity index (χ2n) is 6.37. The van der Waals surface area contributed by atoms with Crippen molar-refractivity contribution >= 4 is 35.5 Å². The van der Waals surface area contributed by atoms with Gasteiger partial charge in [-0.05, 0) is 20.3 Å². The molecule has 0 aliphatic heterocycles. The number of aliphatic hydroxyl groups excluding tert-OH is 1. The maximum Gasteiger partial charge on any atom is 0.325 e. The minimum Gasteiger partial charge on any atom is -0.480 e. The molecule has 170 valence electrons. The summed E-state index contributed by atoms with van der Waals surface area (Å²) in [5.74, 6) is -5.31. The number of hydrogen-bond acceptors (Lipinski definition) is 8. The second kappa shape index (κ2) is 13.1. The molecule has 14 nitrogen and oxygen atoms in total. The van der Waals surface area contributed by atoms with Crippen LogP contribution in [0.4, 0.5) is 0 Å². The van der Waals surface area contributed by atoms with Crippen molar-refractivity contribution < 1.29 is 39.0 Å². The maximum atomic E-state index is 12.3. The second-order valence-corrected chi connectivity index (χ2v) is 6.37. The Morgan fingerprint density at radius 3 is 1.83 bits per heavy atom. The number of hydrogen-bond donors (Lipinski definition) is 8. The molecule has 0 bridgehead atoms. The highest BCUT2D eigenvalue weighted by Crippen LogP contribution is 2.00. The van der Waals surface area contributed by atoms with E-state index in [-0.39, 0.29) is 12.8 Å². The third kappa shape index (κ3) is 9.79. The third-order valence-electron chi connectivity index (χ3n) is 3.81. The first-order valence-corrected chi connectivity index (χ1v) is 8.95. The van der Waals surface area contributed by atoms with Gasteiger partial charge in [0.05, 0.1) is 13.2 Å². The smallest absolute Gasteiger partial charge is 0.325 e. The zero-order valence-electron chi connectivity index (χ0n) is 16.6. The summed E-state index contributed by atoms with van der Waals surface area (Å²) in [7, 11) is 0. The molecule has 0 heterocycles. The van der Waals surface area contributed by atoms with E-state index in [1.165, 1.54) is 13.8 Å². The van der Waals surface area contributed by atoms with Crippen LogP contribution in [0.3, 0.4) is 0 Å². The zero-order chi connectivity index (χ0) is 23.4. The zero-order valence-corrected chi connectivity index (χ0v) is 16.6. The highest BCUT2D eigenvalue weighted by molar-refractivity contribution is 5.95. The van der Waals surface area contributed by atoms with Crippen LogP contribution in [-0.2, 0) is 28.8 Å². The van der Waals surface area contributed by atoms with E-state index in [9.17, 15) is 33.9 Å². The van der Waals surface area contributed by atoms with Gasteiger partial charge in [0.15, 0.2) is 0 Å². The van der Waals surface area contributed by atoms with Crippen LogP contribution in [0.2, 0.25) is 0 Å². The van der Waals surface area contributed by atoms with Crippen LogP contribution in [-0.4, -0.2) is 83.0 Å². The Morgan fingerprint density at radius 1 is 0.833 bits per heavy atom. The van der Waals surface area contributed by atoms with Gasteiger partial charge in [0, 0.05) is 6.42 Å². The molecule has 0 spiro atoms. The van der Waals surface area contributed by atoms with Gasteiger partial charge in [-0.1, -0.05) is 0 Å². The minimum atomic E-state index is -1.35. The molecular weight excluding hydrogens is 404 g/mol. The molecule has 0 aromatic rings. The first-order valence-electron chi connectivity index (χ1n) is 8.95. The van der Waals surface area contributed by atoms with Gasteiger partial charge in [-0.2, -0.15) is 0 Å². The van der Waals surface area contributed by atoms with E-state index in [4.69, 9.17) is 16.6 Å². The summed E-state index contributed by atoms with van der Waals surface area (Å²) in [6.45, 7) is 1.32. The monoisotopic (exact) mass is 432 g/mol. The van der Waals surface area contributed by atoms with Crippen molar-refractivity contribution in [3.63, 3.8) is 0 Å². The molecular formula is C16H28N6O8. The maximum absolute atomic E-state index is 12.3. The number of aliphatic hydroxyl groups is 1. The van der Waals surface area contributed by atoms with Crippen LogP contribution in [0.5, 0.6) is 0 Å². The number of carboxylic acid groups (broad SMARTS) is 1. The molecule has 0 aliphatic carbocycles. The van der Waals surface area contributed by atoms with Crippen LogP contribution < -0.4 is 32.7 Å². The molecule has 30 heavy (non-hydrogen) atoms. The fourth-order valence-corrected chi connectivity index (χ4v) is 2.05. The number of amides is 5. The number of primary amides is 1. The summed E-state index contributed by atoms with van der Waals surface area (Å²) >= 11 is 0. The van der Waals surface area contributed by atoms with Crippen molar-refractivity contribution in [2.45, 2.75) is 50.9 Å². The van der Waals surface area contributed by atoms with Crippen molar-refractivity contribution in [1.82, 2.24) is 21.3 Å². The van der Waals surface area contributed by atoms with Crippen LogP contribution in [0.1, 0.15) is 26.7 Å². The van der Waals surface area contributed by atoms with Crippen LogP contribution in [0, 0.1) is 0 Å². The normalized spacial score (nSPS) is 14.4. The van der Waals surface area contributed by atoms with Crippen molar-refractivity contribution in [2.24, 2.45) is 11.5 Å². The number of carboxylic acids is 1. The number of carbonyl (C=O) groups excluding carboxylic acids is 5. The highest BCUT2D eigenvalue weighted by atomic mass is 16.4. The van der Waals surface area contributed by atoms with Gasteiger partial charge in [0.1, 0.15) is 24.2 Å². The van der Waals surface area contributed by atoms with Crippen molar-refractivity contribution in [1.29, 1.82) is 0 Å². The van der Waals surface area contributed by atoms with Crippen molar-refractivity contribution in [3.05, 3.63) is 0 Å². The SMILES string of the molecule is C[C@H](NC(=O)[C@H](CCC(N)=O)NC(=O)[C@H](C)NC(=O)[C@H](CO)NC(=O)CN)C(=O)O. The topological polar surface area (TPSA) is 243 Å². The molecule has 0 radical (unpaired) electrons. The molecule has 0 saturated heterocycles. The Balaban J connectivity index is 5.07. The Hall–Kier alpha value is -3.26. The number of nitrogens with two attached hydrogens (primary N) is 2. The standard InChI is InChI=1S/C16H28N6O8/c1-7(19-15(28)10(6-23)21-12(25)5-17)13(26)22-9(3-4-11(18)24)14(27)20-8(2)16(29)30/h7-10,23H,3-6,17H2,1-2H3,(H2,18,24)(H,19,28)(H,20,27)(H,21,25)(H,22,26)(H,29,30)/t7-,8-,9-,10-/m0/s1. The van der Waals surface area contributed by atoms with E-state index in [2.05, 4.69) is 21.3 Å². The molecule has 0 unspecified atom stereocenters. The van der Waals surface area contributed by atoms with Gasteiger partial charge in [-0.25, -0.2) is 0 Å². The van der Waals surface area contributed by atoms with E-state index >= 15 is 0 Å². The Labute approximate surface area is 172 Å². The number of aliphatic carboxylic acids is 1. The average molecular weight is 432 g/mol. The quantitative estimate of drug-likeness (QED) is 0.139. The van der Waals surface area contributed by atoms with Gasteiger partial charge in [-0.3, -0.25) is 28.8 Å². The lowest BCUT2D eigenvalue weighted by Crippen LogP contribution is -2.57. The molecule has 0 saturated carbocycles. The lowest BCUT2D eigenvalue weighted by atomic mass is 10.1. The first kappa shape index (κ1) is 26.7. The number of nitrogens with one attached hydrogen (secondary N) is 4. The molecule has 5 amide bonds. The molecule has 0 fully saturated rings. The van der Waals surface area contributed by atoms with Crippen LogP contribution in [0.25, 0.3) is 0 Å². The molecule has 10 N–H and O–H groups in total. The number of rotatable bonds is 13. The largest absolute Gasteiger partial charge is 0.480 e. The molecule has 0 aromatic carbocycles. The predicted molar refractivity (Wildman–Crippen MR) is 101 cm³/mol. The summed E-state index contributed by atoms with van der Waals surface area (Å²) in [6, 6.07) is -5.10. The lowest BCUT2D eigenvalue weighted by molar-refractivity contribution is -0.142. The minimum absolute atomic E-state index is 0.203. The van der Waals surface area contributed by atoms with Gasteiger partial charge in [-0.15, -0.1) is 0 Å². The fraction of sp³-hybridized carbons (Fsp3) is 0.625. The first-order chi connectivity index (χ1) is 13.9. The molecule has 14 heteroatoms. The summed E-state index contributed by atoms with van der Waals surface area (Å²) < 4.78 is 0. The van der Waals surface area contributed by atoms with E-state index < -0.39 is 72.8 Å². The van der Waals surface area contributed by atoms with Gasteiger partial charge >= 0.3 is 5.97 Å². The van der Waals surface area contributed by atoms with Crippen LogP contribution in [0.15, 0.2) is 0 Å². The number of carbonyl (C=O) groups is 6. The van der Waals surface area contributed by atoms with Crippen molar-refractivity contribution in [3.8, 4) is 0 Å². The molecule has 0 aromatic heterocycles. The van der Waals surface area contributed by atoms with Gasteiger partial charge in [0.2, 0.25) is 29.5 Å². The average Bonchev–Trinajstić information content (AvgIpc) is 2.67. The van der Waals surface area contributed by atoms with Gasteiger partial charge < -0.3 is 42.9 Å². The fourth-order valence-electron chi connectivity index (χ4n) is 2.05. The van der Waals surface area contributed by atoms with Crippen LogP contribution >= 0.6 is 0 Å². The molecule has 0 rings (SSSR count). The summed E-state index contributed by atoms with van der Waals surface area (Å²) in [6.07, 6.45) is -0.468. The third-order valence-corrected chi connectivity index (χ3v) is 3.81. The van der Waals surface area contributed by atoms with Gasteiger partial charge in [0.25, 0.3) is 0 Å². The molecule has 4 atom stereocenters. The Bertz CT molecular complexity index is 670. The van der Waals surface area contributed by atoms with E-state index in [0.717, 1.165) is 0 Å². The Kier molecular flexibility index (Phi) is 11.6. The summed E-state index contributed by atoms with van der Waals surface area (Å²) in [5, 5.41) is 26.9. The summed E-state index contributed by atoms with van der Waals surface area (Å²) in [5.41, 5.74) is 10.2. The highest BCUT2D eigenvalue weighted by Gasteiger charge is 2.28. The van der Waals surface area contributed by atoms with E-state index in [1.54, 1.807) is 0 Å². The van der Waals surface area contributed by atoms with Crippen molar-refractivity contribution in [2.75, 3.05) is 13.2 Å². The predicted octanol–water partition coefficient (Wildman–Crippen LogP) is -4.73. The van der Waals surface area contributed by atoms with E-state index in [1.807, 2.05) is 0 Å². The lowest BCUT2D eigenvalue weighted by Gasteiger charge is -2.23. The summed E-state index contributed by atoms with van der Waals surface area (Å²) in [4.78, 5) is 69.8. The molecule has 0 aliphatic rings.